The molecule has 1 unspecified atom stereocenters. The molecule has 0 saturated carbocycles. The third-order valence-electron chi connectivity index (χ3n) is 3.23. The van der Waals surface area contributed by atoms with Gasteiger partial charge in [0.2, 0.25) is 5.96 Å². The first-order chi connectivity index (χ1) is 8.69. The monoisotopic (exact) mass is 257 g/mol. The van der Waals surface area contributed by atoms with Crippen LogP contribution in [0.1, 0.15) is 19.8 Å². The van der Waals surface area contributed by atoms with Crippen LogP contribution in [0.3, 0.4) is 0 Å². The molecule has 0 aliphatic carbocycles. The Balaban J connectivity index is 2.34. The molecule has 0 radical (unpaired) electrons. The van der Waals surface area contributed by atoms with Crippen molar-refractivity contribution in [2.24, 2.45) is 10.8 Å². The molecule has 0 amide bonds. The van der Waals surface area contributed by atoms with E-state index in [0.29, 0.717) is 6.04 Å². The summed E-state index contributed by atoms with van der Waals surface area (Å²) in [7, 11) is 4.23. The maximum absolute atomic E-state index is 5.55. The summed E-state index contributed by atoms with van der Waals surface area (Å²) < 4.78 is 5.28. The zero-order chi connectivity index (χ0) is 13.4. The van der Waals surface area contributed by atoms with Gasteiger partial charge in [0.1, 0.15) is 0 Å². The molecule has 1 aliphatic rings. The lowest BCUT2D eigenvalue weighted by atomic mass is 10.2. The van der Waals surface area contributed by atoms with Crippen LogP contribution in [0.15, 0.2) is 4.99 Å². The molecule has 3 N–H and O–H groups in total. The summed E-state index contributed by atoms with van der Waals surface area (Å²) in [4.78, 5) is 8.96. The van der Waals surface area contributed by atoms with Gasteiger partial charge < -0.3 is 14.5 Å². The Bertz CT molecular complexity index is 257. The summed E-state index contributed by atoms with van der Waals surface area (Å²) in [5.74, 6) is 6.35. The van der Waals surface area contributed by atoms with Crippen molar-refractivity contribution < 1.29 is 4.74 Å². The number of ether oxygens (including phenoxy) is 1. The van der Waals surface area contributed by atoms with E-state index in [2.05, 4.69) is 34.3 Å². The van der Waals surface area contributed by atoms with Gasteiger partial charge in [-0.15, -0.1) is 0 Å². The maximum atomic E-state index is 5.55. The summed E-state index contributed by atoms with van der Waals surface area (Å²) in [6, 6.07) is 0.590. The highest BCUT2D eigenvalue weighted by molar-refractivity contribution is 5.79. The quantitative estimate of drug-likeness (QED) is 0.228. The Kier molecular flexibility index (Phi) is 7.00. The number of aliphatic imine (C=N–C) groups is 1. The molecule has 6 nitrogen and oxygen atoms in total. The van der Waals surface area contributed by atoms with Gasteiger partial charge >= 0.3 is 0 Å². The average molecular weight is 257 g/mol. The molecule has 0 spiro atoms. The summed E-state index contributed by atoms with van der Waals surface area (Å²) >= 11 is 0. The Hall–Kier alpha value is -0.850. The van der Waals surface area contributed by atoms with Crippen LogP contribution in [0.5, 0.6) is 0 Å². The minimum atomic E-state index is 0.590. The smallest absolute Gasteiger partial charge is 0.208 e. The lowest BCUT2D eigenvalue weighted by Crippen LogP contribution is -2.45. The molecule has 1 heterocycles. The normalized spacial score (nSPS) is 20.8. The van der Waals surface area contributed by atoms with E-state index < -0.39 is 0 Å². The third-order valence-corrected chi connectivity index (χ3v) is 3.23. The van der Waals surface area contributed by atoms with Crippen molar-refractivity contribution in [2.75, 3.05) is 46.9 Å². The lowest BCUT2D eigenvalue weighted by Gasteiger charge is -2.22. The molecule has 0 aromatic rings. The van der Waals surface area contributed by atoms with Crippen LogP contribution in [0.4, 0.5) is 0 Å². The van der Waals surface area contributed by atoms with Gasteiger partial charge in [0, 0.05) is 38.9 Å². The number of hydrazine groups is 1. The fraction of sp³-hybridized carbons (Fsp3) is 0.917. The van der Waals surface area contributed by atoms with Crippen molar-refractivity contribution in [2.45, 2.75) is 25.8 Å². The molecule has 0 aromatic heterocycles. The van der Waals surface area contributed by atoms with Crippen molar-refractivity contribution in [1.29, 1.82) is 0 Å². The number of rotatable bonds is 6. The summed E-state index contributed by atoms with van der Waals surface area (Å²) in [5.41, 5.74) is 2.71. The van der Waals surface area contributed by atoms with E-state index in [1.54, 1.807) is 0 Å². The highest BCUT2D eigenvalue weighted by atomic mass is 16.5. The van der Waals surface area contributed by atoms with Gasteiger partial charge in [0.25, 0.3) is 0 Å². The number of nitrogens with two attached hydrogens (primary N) is 1. The summed E-state index contributed by atoms with van der Waals surface area (Å²) in [6.45, 7) is 6.28. The van der Waals surface area contributed by atoms with Crippen molar-refractivity contribution in [3.8, 4) is 0 Å². The van der Waals surface area contributed by atoms with E-state index in [4.69, 9.17) is 10.6 Å². The van der Waals surface area contributed by atoms with Crippen molar-refractivity contribution >= 4 is 5.96 Å². The van der Waals surface area contributed by atoms with Gasteiger partial charge in [-0.25, -0.2) is 5.84 Å². The fourth-order valence-electron chi connectivity index (χ4n) is 2.09. The Labute approximate surface area is 110 Å². The average Bonchev–Trinajstić information content (AvgIpc) is 2.83. The second kappa shape index (κ2) is 8.29. The van der Waals surface area contributed by atoms with E-state index in [1.165, 1.54) is 0 Å². The van der Waals surface area contributed by atoms with Gasteiger partial charge in [-0.1, -0.05) is 0 Å². The number of likely N-dealkylation sites (N-methyl/N-ethyl adjacent to an activating group) is 1. The first kappa shape index (κ1) is 15.2. The number of hydrogen-bond acceptors (Lipinski definition) is 4. The van der Waals surface area contributed by atoms with Gasteiger partial charge in [-0.2, -0.15) is 0 Å². The molecule has 1 saturated heterocycles. The van der Waals surface area contributed by atoms with Gasteiger partial charge in [0.15, 0.2) is 0 Å². The minimum Gasteiger partial charge on any atom is -0.382 e. The topological polar surface area (TPSA) is 66.1 Å². The molecule has 1 fully saturated rings. The number of guanidine groups is 1. The van der Waals surface area contributed by atoms with Gasteiger partial charge in [0.05, 0.1) is 0 Å². The Morgan fingerprint density at radius 1 is 1.56 bits per heavy atom. The molecule has 0 bridgehead atoms. The van der Waals surface area contributed by atoms with Crippen molar-refractivity contribution in [3.05, 3.63) is 0 Å². The second-order valence-corrected chi connectivity index (χ2v) is 4.75. The predicted molar refractivity (Wildman–Crippen MR) is 74.4 cm³/mol. The van der Waals surface area contributed by atoms with Gasteiger partial charge in [-0.05, 0) is 33.9 Å². The van der Waals surface area contributed by atoms with Crippen LogP contribution >= 0.6 is 0 Å². The van der Waals surface area contributed by atoms with E-state index in [-0.39, 0.29) is 0 Å². The summed E-state index contributed by atoms with van der Waals surface area (Å²) in [6.07, 6.45) is 2.09. The van der Waals surface area contributed by atoms with Crippen LogP contribution in [0, 0.1) is 0 Å². The van der Waals surface area contributed by atoms with Crippen molar-refractivity contribution in [3.63, 3.8) is 0 Å². The zero-order valence-corrected chi connectivity index (χ0v) is 11.9. The third kappa shape index (κ3) is 4.80. The van der Waals surface area contributed by atoms with E-state index in [1.807, 2.05) is 6.92 Å². The van der Waals surface area contributed by atoms with E-state index in [9.17, 15) is 0 Å². The maximum Gasteiger partial charge on any atom is 0.208 e. The van der Waals surface area contributed by atoms with Crippen LogP contribution in [-0.4, -0.2) is 68.7 Å². The molecule has 18 heavy (non-hydrogen) atoms. The summed E-state index contributed by atoms with van der Waals surface area (Å²) in [5, 5.41) is 0. The molecular formula is C12H27N5O. The largest absolute Gasteiger partial charge is 0.382 e. The first-order valence-corrected chi connectivity index (χ1v) is 6.69. The minimum absolute atomic E-state index is 0.590. The SMILES string of the molecule is CCOCCCN=C(NN)N1CCC(N(C)C)C1. The molecule has 6 heteroatoms. The highest BCUT2D eigenvalue weighted by Gasteiger charge is 2.25. The highest BCUT2D eigenvalue weighted by Crippen LogP contribution is 2.12. The Morgan fingerprint density at radius 2 is 2.33 bits per heavy atom. The Morgan fingerprint density at radius 3 is 2.89 bits per heavy atom. The van der Waals surface area contributed by atoms with Gasteiger partial charge in [-0.3, -0.25) is 10.4 Å². The van der Waals surface area contributed by atoms with Crippen LogP contribution < -0.4 is 11.3 Å². The van der Waals surface area contributed by atoms with Crippen LogP contribution in [0.25, 0.3) is 0 Å². The number of likely N-dealkylation sites (tertiary alicyclic amines) is 1. The predicted octanol–water partition coefficient (Wildman–Crippen LogP) is -0.132. The molecule has 106 valence electrons. The molecule has 1 atom stereocenters. The first-order valence-electron chi connectivity index (χ1n) is 6.69. The van der Waals surface area contributed by atoms with Crippen LogP contribution in [-0.2, 0) is 4.74 Å². The molecular weight excluding hydrogens is 230 g/mol. The fourth-order valence-corrected chi connectivity index (χ4v) is 2.09. The number of nitrogens with one attached hydrogen (secondary N) is 1. The molecule has 1 rings (SSSR count). The van der Waals surface area contributed by atoms with E-state index in [0.717, 1.165) is 51.6 Å². The van der Waals surface area contributed by atoms with Crippen LogP contribution in [0.2, 0.25) is 0 Å². The number of nitrogens with zero attached hydrogens (tertiary/aromatic N) is 3. The lowest BCUT2D eigenvalue weighted by molar-refractivity contribution is 0.146. The second-order valence-electron chi connectivity index (χ2n) is 4.75. The number of hydrogen-bond donors (Lipinski definition) is 2. The zero-order valence-electron chi connectivity index (χ0n) is 11.9. The standard InChI is InChI=1S/C12H27N5O/c1-4-18-9-5-7-14-12(15-13)17-8-6-11(10-17)16(2)3/h11H,4-10,13H2,1-3H3,(H,14,15). The molecule has 0 aromatic carbocycles. The van der Waals surface area contributed by atoms with E-state index >= 15 is 0 Å². The van der Waals surface area contributed by atoms with Crippen molar-refractivity contribution in [1.82, 2.24) is 15.2 Å². The molecule has 1 aliphatic heterocycles.